The lowest BCUT2D eigenvalue weighted by Crippen LogP contribution is -2.17. The normalized spacial score (nSPS) is 12.6. The van der Waals surface area contributed by atoms with E-state index < -0.39 is 0 Å². The third-order valence-corrected chi connectivity index (χ3v) is 5.57. The molecular weight excluding hydrogens is 374 g/mol. The van der Waals surface area contributed by atoms with Crippen LogP contribution >= 0.6 is 11.8 Å². The Morgan fingerprint density at radius 2 is 2.00 bits per heavy atom. The van der Waals surface area contributed by atoms with Gasteiger partial charge in [0, 0.05) is 24.1 Å². The molecule has 6 nitrogen and oxygen atoms in total. The first-order chi connectivity index (χ1) is 13.6. The molecule has 0 saturated heterocycles. The number of nitrogens with zero attached hydrogens (tertiary/aromatic N) is 2. The van der Waals surface area contributed by atoms with Gasteiger partial charge in [0.15, 0.2) is 16.7 Å². The minimum Gasteiger partial charge on any atom is -0.486 e. The summed E-state index contributed by atoms with van der Waals surface area (Å²) in [5, 5.41) is 3.69. The van der Waals surface area contributed by atoms with Crippen LogP contribution in [0.1, 0.15) is 11.1 Å². The highest BCUT2D eigenvalue weighted by molar-refractivity contribution is 7.99. The minimum absolute atomic E-state index is 0.0998. The average Bonchev–Trinajstić information content (AvgIpc) is 3.17. The lowest BCUT2D eigenvalue weighted by atomic mass is 10.1. The van der Waals surface area contributed by atoms with Crippen molar-refractivity contribution < 1.29 is 14.3 Å². The molecule has 0 spiro atoms. The van der Waals surface area contributed by atoms with Gasteiger partial charge < -0.3 is 14.8 Å². The summed E-state index contributed by atoms with van der Waals surface area (Å²) >= 11 is 1.40. The molecule has 28 heavy (non-hydrogen) atoms. The molecule has 4 rings (SSSR count). The molecule has 0 radical (unpaired) electrons. The minimum atomic E-state index is -0.0998. The molecule has 0 atom stereocenters. The van der Waals surface area contributed by atoms with Crippen LogP contribution < -0.4 is 14.8 Å². The van der Waals surface area contributed by atoms with Gasteiger partial charge in [-0.25, -0.2) is 4.98 Å². The average molecular weight is 395 g/mol. The number of carbonyl (C=O) groups excluding carboxylic acids is 1. The van der Waals surface area contributed by atoms with Crippen LogP contribution in [0.2, 0.25) is 0 Å². The fourth-order valence-electron chi connectivity index (χ4n) is 3.02. The van der Waals surface area contributed by atoms with Crippen molar-refractivity contribution in [1.29, 1.82) is 0 Å². The Morgan fingerprint density at radius 3 is 2.86 bits per heavy atom. The van der Waals surface area contributed by atoms with E-state index in [9.17, 15) is 4.79 Å². The van der Waals surface area contributed by atoms with Crippen molar-refractivity contribution >= 4 is 23.4 Å². The Morgan fingerprint density at radius 1 is 1.18 bits per heavy atom. The molecule has 2 aromatic carbocycles. The highest BCUT2D eigenvalue weighted by atomic mass is 32.2. The Hall–Kier alpha value is -2.93. The van der Waals surface area contributed by atoms with Crippen LogP contribution in [0.25, 0.3) is 5.69 Å². The number of ether oxygens (including phenoxy) is 2. The summed E-state index contributed by atoms with van der Waals surface area (Å²) in [4.78, 5) is 16.8. The number of imidazole rings is 1. The second-order valence-electron chi connectivity index (χ2n) is 6.49. The van der Waals surface area contributed by atoms with Crippen LogP contribution in [0.15, 0.2) is 53.9 Å². The van der Waals surface area contributed by atoms with Gasteiger partial charge in [-0.1, -0.05) is 23.9 Å². The number of nitrogens with one attached hydrogen (secondary N) is 1. The van der Waals surface area contributed by atoms with Gasteiger partial charge in [-0.05, 0) is 43.2 Å². The standard InChI is InChI=1S/C21H21N3O3S/c1-14-4-3-5-17(15(14)2)24-9-8-22-21(24)28-13-20(25)23-16-6-7-18-19(12-16)27-11-10-26-18/h3-9,12H,10-11,13H2,1-2H3,(H,23,25). The summed E-state index contributed by atoms with van der Waals surface area (Å²) in [5.74, 6) is 1.52. The van der Waals surface area contributed by atoms with Gasteiger partial charge >= 0.3 is 0 Å². The smallest absolute Gasteiger partial charge is 0.234 e. The van der Waals surface area contributed by atoms with Gasteiger partial charge in [0.1, 0.15) is 13.2 Å². The van der Waals surface area contributed by atoms with Crippen LogP contribution in [-0.2, 0) is 4.79 Å². The summed E-state index contributed by atoms with van der Waals surface area (Å²) in [6, 6.07) is 11.6. The van der Waals surface area contributed by atoms with E-state index in [0.717, 1.165) is 10.8 Å². The quantitative estimate of drug-likeness (QED) is 0.662. The van der Waals surface area contributed by atoms with Crippen LogP contribution in [0.5, 0.6) is 11.5 Å². The summed E-state index contributed by atoms with van der Waals surface area (Å²) in [6.07, 6.45) is 3.67. The van der Waals surface area contributed by atoms with E-state index in [0.29, 0.717) is 30.4 Å². The number of anilines is 1. The van der Waals surface area contributed by atoms with E-state index in [-0.39, 0.29) is 11.7 Å². The van der Waals surface area contributed by atoms with Crippen molar-refractivity contribution in [2.45, 2.75) is 19.0 Å². The largest absolute Gasteiger partial charge is 0.486 e. The first-order valence-electron chi connectivity index (χ1n) is 9.04. The Kier molecular flexibility index (Phi) is 5.25. The number of carbonyl (C=O) groups is 1. The molecule has 1 aromatic heterocycles. The SMILES string of the molecule is Cc1cccc(-n2ccnc2SCC(=O)Nc2ccc3c(c2)OCCO3)c1C. The number of fused-ring (bicyclic) bond motifs is 1. The lowest BCUT2D eigenvalue weighted by molar-refractivity contribution is -0.113. The lowest BCUT2D eigenvalue weighted by Gasteiger charge is -2.19. The van der Waals surface area contributed by atoms with Crippen molar-refractivity contribution in [1.82, 2.24) is 9.55 Å². The van der Waals surface area contributed by atoms with Gasteiger partial charge in [0.25, 0.3) is 0 Å². The zero-order valence-electron chi connectivity index (χ0n) is 15.8. The maximum Gasteiger partial charge on any atom is 0.234 e. The fraction of sp³-hybridized carbons (Fsp3) is 0.238. The van der Waals surface area contributed by atoms with E-state index >= 15 is 0 Å². The zero-order chi connectivity index (χ0) is 19.5. The highest BCUT2D eigenvalue weighted by Gasteiger charge is 2.14. The van der Waals surface area contributed by atoms with Crippen LogP contribution in [0.4, 0.5) is 5.69 Å². The van der Waals surface area contributed by atoms with Crippen LogP contribution in [0.3, 0.4) is 0 Å². The molecule has 2 heterocycles. The summed E-state index contributed by atoms with van der Waals surface area (Å²) < 4.78 is 13.1. The van der Waals surface area contributed by atoms with Crippen molar-refractivity contribution in [3.8, 4) is 17.2 Å². The van der Waals surface area contributed by atoms with E-state index in [4.69, 9.17) is 9.47 Å². The Labute approximate surface area is 167 Å². The van der Waals surface area contributed by atoms with Gasteiger partial charge in [0.05, 0.1) is 11.4 Å². The molecule has 144 valence electrons. The van der Waals surface area contributed by atoms with Crippen LogP contribution in [-0.4, -0.2) is 34.4 Å². The number of hydrogen-bond donors (Lipinski definition) is 1. The molecule has 0 unspecified atom stereocenters. The van der Waals surface area contributed by atoms with E-state index in [2.05, 4.69) is 36.3 Å². The molecule has 1 aliphatic heterocycles. The van der Waals surface area contributed by atoms with E-state index in [1.807, 2.05) is 29.0 Å². The Balaban J connectivity index is 1.42. The predicted octanol–water partition coefficient (Wildman–Crippen LogP) is 3.99. The number of thioether (sulfide) groups is 1. The number of rotatable bonds is 5. The number of aromatic nitrogens is 2. The second kappa shape index (κ2) is 7.98. The number of aryl methyl sites for hydroxylation is 1. The molecule has 1 aliphatic rings. The summed E-state index contributed by atoms with van der Waals surface area (Å²) in [6.45, 7) is 5.24. The molecular formula is C21H21N3O3S. The van der Waals surface area contributed by atoms with Crippen molar-refractivity contribution in [2.75, 3.05) is 24.3 Å². The number of benzene rings is 2. The molecule has 0 bridgehead atoms. The fourth-order valence-corrected chi connectivity index (χ4v) is 3.79. The first-order valence-corrected chi connectivity index (χ1v) is 10.0. The number of hydrogen-bond acceptors (Lipinski definition) is 5. The summed E-state index contributed by atoms with van der Waals surface area (Å²) in [7, 11) is 0. The molecule has 3 aromatic rings. The van der Waals surface area contributed by atoms with Crippen molar-refractivity contribution in [3.05, 3.63) is 59.9 Å². The molecule has 0 fully saturated rings. The molecule has 0 saturated carbocycles. The Bertz CT molecular complexity index is 1020. The molecule has 7 heteroatoms. The first kappa shape index (κ1) is 18.4. The second-order valence-corrected chi connectivity index (χ2v) is 7.44. The molecule has 0 aliphatic carbocycles. The maximum atomic E-state index is 12.4. The predicted molar refractivity (Wildman–Crippen MR) is 110 cm³/mol. The van der Waals surface area contributed by atoms with E-state index in [1.54, 1.807) is 12.3 Å². The topological polar surface area (TPSA) is 65.4 Å². The van der Waals surface area contributed by atoms with Crippen molar-refractivity contribution in [3.63, 3.8) is 0 Å². The van der Waals surface area contributed by atoms with Crippen LogP contribution in [0, 0.1) is 13.8 Å². The highest BCUT2D eigenvalue weighted by Crippen LogP contribution is 2.32. The third-order valence-electron chi connectivity index (χ3n) is 4.60. The monoisotopic (exact) mass is 395 g/mol. The van der Waals surface area contributed by atoms with Gasteiger partial charge in [-0.15, -0.1) is 0 Å². The summed E-state index contributed by atoms with van der Waals surface area (Å²) in [5.41, 5.74) is 4.18. The van der Waals surface area contributed by atoms with Gasteiger partial charge in [-0.2, -0.15) is 0 Å². The van der Waals surface area contributed by atoms with Gasteiger partial charge in [-0.3, -0.25) is 9.36 Å². The maximum absolute atomic E-state index is 12.4. The van der Waals surface area contributed by atoms with Gasteiger partial charge in [0.2, 0.25) is 5.91 Å². The number of amides is 1. The van der Waals surface area contributed by atoms with E-state index in [1.165, 1.54) is 22.9 Å². The molecule has 1 amide bonds. The third kappa shape index (κ3) is 3.84. The van der Waals surface area contributed by atoms with Crippen molar-refractivity contribution in [2.24, 2.45) is 0 Å². The zero-order valence-corrected chi connectivity index (χ0v) is 16.6. The molecule has 1 N–H and O–H groups in total.